The zero-order valence-electron chi connectivity index (χ0n) is 15.1. The maximum atomic E-state index is 12.4. The normalized spacial score (nSPS) is 15.5. The first kappa shape index (κ1) is 19.5. The molecule has 146 valence electrons. The van der Waals surface area contributed by atoms with Crippen molar-refractivity contribution in [2.24, 2.45) is 0 Å². The van der Waals surface area contributed by atoms with Crippen LogP contribution in [0, 0.1) is 0 Å². The molecule has 8 heteroatoms. The van der Waals surface area contributed by atoms with Crippen LogP contribution in [0.25, 0.3) is 6.08 Å². The van der Waals surface area contributed by atoms with E-state index in [2.05, 4.69) is 10.6 Å². The van der Waals surface area contributed by atoms with Gasteiger partial charge in [0.05, 0.1) is 5.69 Å². The van der Waals surface area contributed by atoms with Crippen molar-refractivity contribution in [2.75, 3.05) is 10.6 Å². The molecule has 28 heavy (non-hydrogen) atoms. The summed E-state index contributed by atoms with van der Waals surface area (Å²) in [5, 5.41) is 5.40. The van der Waals surface area contributed by atoms with Gasteiger partial charge in [-0.3, -0.25) is 9.59 Å². The van der Waals surface area contributed by atoms with Crippen molar-refractivity contribution in [3.63, 3.8) is 0 Å². The fraction of sp³-hybridized carbons (Fsp3) is 0.200. The summed E-state index contributed by atoms with van der Waals surface area (Å²) in [6.45, 7) is 3.29. The number of benzene rings is 2. The summed E-state index contributed by atoms with van der Waals surface area (Å²) in [7, 11) is 0. The lowest BCUT2D eigenvalue weighted by molar-refractivity contribution is -0.129. The fourth-order valence-electron chi connectivity index (χ4n) is 2.53. The van der Waals surface area contributed by atoms with Crippen LogP contribution >= 0.6 is 0 Å². The molecular weight excluding hydrogens is 373 g/mol. The van der Waals surface area contributed by atoms with Crippen LogP contribution in [-0.2, 0) is 4.79 Å². The monoisotopic (exact) mass is 390 g/mol. The number of amides is 2. The van der Waals surface area contributed by atoms with Gasteiger partial charge in [-0.05, 0) is 49.7 Å². The molecule has 0 aliphatic carbocycles. The molecule has 1 aliphatic rings. The van der Waals surface area contributed by atoms with Crippen molar-refractivity contribution in [1.82, 2.24) is 0 Å². The van der Waals surface area contributed by atoms with E-state index in [0.717, 1.165) is 6.08 Å². The van der Waals surface area contributed by atoms with Gasteiger partial charge in [-0.25, -0.2) is 0 Å². The second-order valence-electron chi connectivity index (χ2n) is 6.73. The highest BCUT2D eigenvalue weighted by Gasteiger charge is 2.35. The van der Waals surface area contributed by atoms with Crippen molar-refractivity contribution in [2.45, 2.75) is 25.6 Å². The van der Waals surface area contributed by atoms with Crippen molar-refractivity contribution in [1.29, 1.82) is 0 Å². The summed E-state index contributed by atoms with van der Waals surface area (Å²) < 4.78 is 42.2. The van der Waals surface area contributed by atoms with E-state index in [1.807, 2.05) is 0 Å². The molecule has 2 amide bonds. The van der Waals surface area contributed by atoms with Gasteiger partial charge in [-0.1, -0.05) is 18.2 Å². The Labute approximate surface area is 159 Å². The lowest BCUT2D eigenvalue weighted by Gasteiger charge is -2.31. The third-order valence-electron chi connectivity index (χ3n) is 4.04. The molecule has 1 aliphatic heterocycles. The molecular formula is C20H17F3N2O3. The average molecular weight is 390 g/mol. The Morgan fingerprint density at radius 2 is 1.82 bits per heavy atom. The molecule has 0 bridgehead atoms. The van der Waals surface area contributed by atoms with Gasteiger partial charge in [0.25, 0.3) is 11.8 Å². The summed E-state index contributed by atoms with van der Waals surface area (Å²) in [6.07, 6.45) is -3.33. The van der Waals surface area contributed by atoms with Gasteiger partial charge in [0.15, 0.2) is 5.60 Å². The second-order valence-corrected chi connectivity index (χ2v) is 6.73. The molecule has 0 unspecified atom stereocenters. The van der Waals surface area contributed by atoms with E-state index in [0.29, 0.717) is 22.7 Å². The fourth-order valence-corrected chi connectivity index (χ4v) is 2.53. The minimum atomic E-state index is -4.39. The minimum Gasteiger partial charge on any atom is -0.476 e. The van der Waals surface area contributed by atoms with Crippen LogP contribution in [0.3, 0.4) is 0 Å². The maximum absolute atomic E-state index is 12.4. The quantitative estimate of drug-likeness (QED) is 0.803. The third kappa shape index (κ3) is 4.51. The number of carbonyl (C=O) groups excluding carboxylic acids is 2. The van der Waals surface area contributed by atoms with Crippen LogP contribution in [0.15, 0.2) is 48.5 Å². The van der Waals surface area contributed by atoms with E-state index in [9.17, 15) is 22.8 Å². The van der Waals surface area contributed by atoms with Gasteiger partial charge >= 0.3 is 6.18 Å². The van der Waals surface area contributed by atoms with Crippen molar-refractivity contribution in [3.8, 4) is 5.75 Å². The van der Waals surface area contributed by atoms with Crippen LogP contribution in [0.1, 0.15) is 29.8 Å². The first-order chi connectivity index (χ1) is 13.0. The summed E-state index contributed by atoms with van der Waals surface area (Å²) in [5.41, 5.74) is 0.497. The van der Waals surface area contributed by atoms with E-state index >= 15 is 0 Å². The lowest BCUT2D eigenvalue weighted by Crippen LogP contribution is -2.45. The summed E-state index contributed by atoms with van der Waals surface area (Å²) >= 11 is 0. The predicted molar refractivity (Wildman–Crippen MR) is 99.3 cm³/mol. The van der Waals surface area contributed by atoms with E-state index in [-0.39, 0.29) is 17.5 Å². The van der Waals surface area contributed by atoms with E-state index in [1.54, 1.807) is 32.0 Å². The highest BCUT2D eigenvalue weighted by molar-refractivity contribution is 6.05. The zero-order valence-corrected chi connectivity index (χ0v) is 15.1. The van der Waals surface area contributed by atoms with Gasteiger partial charge in [-0.2, -0.15) is 13.2 Å². The Hall–Kier alpha value is -3.29. The topological polar surface area (TPSA) is 67.4 Å². The first-order valence-electron chi connectivity index (χ1n) is 8.35. The summed E-state index contributed by atoms with van der Waals surface area (Å²) in [6, 6.07) is 10.5. The van der Waals surface area contributed by atoms with E-state index in [4.69, 9.17) is 4.74 Å². The Kier molecular flexibility index (Phi) is 4.89. The molecule has 3 rings (SSSR count). The Balaban J connectivity index is 1.71. The number of anilines is 2. The Morgan fingerprint density at radius 1 is 1.14 bits per heavy atom. The molecule has 5 nitrogen and oxygen atoms in total. The molecule has 2 N–H and O–H groups in total. The highest BCUT2D eigenvalue weighted by Crippen LogP contribution is 2.35. The molecule has 2 aromatic carbocycles. The van der Waals surface area contributed by atoms with Crippen molar-refractivity contribution in [3.05, 3.63) is 59.7 Å². The number of ether oxygens (including phenoxy) is 1. The van der Waals surface area contributed by atoms with Crippen LogP contribution in [0.4, 0.5) is 24.5 Å². The maximum Gasteiger partial charge on any atom is 0.409 e. The van der Waals surface area contributed by atoms with Gasteiger partial charge in [0, 0.05) is 17.3 Å². The third-order valence-corrected chi connectivity index (χ3v) is 4.04. The molecule has 0 radical (unpaired) electrons. The molecule has 0 aromatic heterocycles. The molecule has 2 aromatic rings. The molecule has 0 fully saturated rings. The SMILES string of the molecule is CC1(C)Oc2ccc(NC(=O)c3ccc(/C=C/C(F)(F)F)cc3)cc2NC1=O. The zero-order chi connectivity index (χ0) is 20.5. The van der Waals surface area contributed by atoms with E-state index in [1.165, 1.54) is 24.3 Å². The number of fused-ring (bicyclic) bond motifs is 1. The lowest BCUT2D eigenvalue weighted by atomic mass is 10.1. The van der Waals surface area contributed by atoms with Crippen LogP contribution in [0.5, 0.6) is 5.75 Å². The molecule has 0 saturated heterocycles. The van der Waals surface area contributed by atoms with Crippen LogP contribution in [-0.4, -0.2) is 23.6 Å². The number of hydrogen-bond acceptors (Lipinski definition) is 3. The second kappa shape index (κ2) is 7.03. The van der Waals surface area contributed by atoms with Crippen molar-refractivity contribution < 1.29 is 27.5 Å². The minimum absolute atomic E-state index is 0.132. The van der Waals surface area contributed by atoms with Crippen molar-refractivity contribution >= 4 is 29.3 Å². The molecule has 0 atom stereocenters. The number of allylic oxidation sites excluding steroid dienone is 1. The standard InChI is InChI=1S/C20H17F3N2O3/c1-19(2)18(27)25-15-11-14(7-8-16(15)28-19)24-17(26)13-5-3-12(4-6-13)9-10-20(21,22)23/h3-11H,1-2H3,(H,24,26)(H,25,27)/b10-9+. The summed E-state index contributed by atoms with van der Waals surface area (Å²) in [5.74, 6) is -0.246. The smallest absolute Gasteiger partial charge is 0.409 e. The molecule has 0 spiro atoms. The predicted octanol–water partition coefficient (Wildman–Crippen LogP) is 4.62. The Morgan fingerprint density at radius 3 is 2.46 bits per heavy atom. The number of rotatable bonds is 3. The van der Waals surface area contributed by atoms with Gasteiger partial charge < -0.3 is 15.4 Å². The largest absolute Gasteiger partial charge is 0.476 e. The van der Waals surface area contributed by atoms with Gasteiger partial charge in [0.1, 0.15) is 5.75 Å². The number of carbonyl (C=O) groups is 2. The summed E-state index contributed by atoms with van der Waals surface area (Å²) in [4.78, 5) is 24.3. The number of nitrogens with one attached hydrogen (secondary N) is 2. The van der Waals surface area contributed by atoms with E-state index < -0.39 is 17.7 Å². The average Bonchev–Trinajstić information content (AvgIpc) is 2.61. The number of hydrogen-bond donors (Lipinski definition) is 2. The Bertz CT molecular complexity index is 948. The molecule has 0 saturated carbocycles. The van der Waals surface area contributed by atoms with Crippen LogP contribution in [0.2, 0.25) is 0 Å². The first-order valence-corrected chi connectivity index (χ1v) is 8.35. The van der Waals surface area contributed by atoms with Gasteiger partial charge in [0.2, 0.25) is 0 Å². The van der Waals surface area contributed by atoms with Crippen LogP contribution < -0.4 is 15.4 Å². The number of halogens is 3. The van der Waals surface area contributed by atoms with Gasteiger partial charge in [-0.15, -0.1) is 0 Å². The molecule has 1 heterocycles. The number of alkyl halides is 3. The highest BCUT2D eigenvalue weighted by atomic mass is 19.4.